The topological polar surface area (TPSA) is 158 Å². The van der Waals surface area contributed by atoms with Gasteiger partial charge in [0.15, 0.2) is 0 Å². The number of likely N-dealkylation sites (N-methyl/N-ethyl adjacent to an activating group) is 1. The van der Waals surface area contributed by atoms with E-state index >= 15 is 0 Å². The van der Waals surface area contributed by atoms with Crippen molar-refractivity contribution < 1.29 is 14.4 Å². The Hall–Kier alpha value is -3.87. The van der Waals surface area contributed by atoms with Crippen molar-refractivity contribution in [3.05, 3.63) is 99.6 Å². The SMILES string of the molecule is C=C1CNC(=O)[C@H](Cc2c[nH]c3ccccc23)N(C)C(=O)[C@H](CCCCN)NC(=O)[C@H](CCCN)NCc2ccccc2S/C1=C(C)/C=C(\C)Cl. The van der Waals surface area contributed by atoms with E-state index in [1.165, 1.54) is 16.7 Å². The summed E-state index contributed by atoms with van der Waals surface area (Å²) in [5, 5.41) is 11.2. The maximum Gasteiger partial charge on any atom is 0.245 e. The summed E-state index contributed by atoms with van der Waals surface area (Å²) in [6.07, 6.45) is 6.84. The van der Waals surface area contributed by atoms with Crippen LogP contribution in [0, 0.1) is 0 Å². The van der Waals surface area contributed by atoms with Crippen LogP contribution < -0.4 is 27.4 Å². The normalized spacial score (nSPS) is 21.3. The number of allylic oxidation sites excluding steroid dienone is 3. The molecule has 0 radical (unpaired) electrons. The van der Waals surface area contributed by atoms with Gasteiger partial charge in [-0.2, -0.15) is 0 Å². The molecule has 0 bridgehead atoms. The third kappa shape index (κ3) is 11.1. The molecular formula is C39H52ClN7O3S. The fourth-order valence-electron chi connectivity index (χ4n) is 6.26. The predicted octanol–water partition coefficient (Wildman–Crippen LogP) is 5.24. The Morgan fingerprint density at radius 1 is 0.961 bits per heavy atom. The molecule has 1 aliphatic rings. The number of halogens is 1. The van der Waals surface area contributed by atoms with Crippen LogP contribution in [0.15, 0.2) is 93.4 Å². The number of hydrogen-bond acceptors (Lipinski definition) is 7. The van der Waals surface area contributed by atoms with Crippen molar-refractivity contribution >= 4 is 52.0 Å². The molecule has 1 aliphatic heterocycles. The second-order valence-electron chi connectivity index (χ2n) is 13.0. The number of aromatic amines is 1. The van der Waals surface area contributed by atoms with Gasteiger partial charge in [0, 0.05) is 58.5 Å². The first kappa shape index (κ1) is 39.9. The Bertz CT molecular complexity index is 1750. The molecule has 0 fully saturated rings. The second-order valence-corrected chi connectivity index (χ2v) is 14.7. The standard InChI is InChI=1S/C39H52ClN7O3S/c1-25(20-27(3)40)36-26(2)22-45-38(49)34(21-29-24-43-31-14-7-6-13-30(29)31)47(4)39(50)33(15-9-10-18-41)46-37(48)32(16-11-19-42)44-23-28-12-5-8-17-35(28)51-36/h5-8,12-14,17,20,24,32-34,43-44H,2,9-11,15-16,18-19,21-23,41-42H2,1,3-4H3,(H,45,49)(H,46,48)/b27-20+,36-25+/t32-,33-,34-/m0/s1. The maximum absolute atomic E-state index is 14.4. The molecule has 0 saturated carbocycles. The van der Waals surface area contributed by atoms with Crippen molar-refractivity contribution in [2.75, 3.05) is 26.7 Å². The number of aromatic nitrogens is 1. The lowest BCUT2D eigenvalue weighted by atomic mass is 10.0. The maximum atomic E-state index is 14.4. The Labute approximate surface area is 310 Å². The van der Waals surface area contributed by atoms with Gasteiger partial charge in [-0.3, -0.25) is 14.4 Å². The summed E-state index contributed by atoms with van der Waals surface area (Å²) >= 11 is 7.87. The lowest BCUT2D eigenvalue weighted by Crippen LogP contribution is -2.57. The van der Waals surface area contributed by atoms with Crippen LogP contribution in [0.1, 0.15) is 57.1 Å². The highest BCUT2D eigenvalue weighted by Gasteiger charge is 2.34. The highest BCUT2D eigenvalue weighted by atomic mass is 35.5. The summed E-state index contributed by atoms with van der Waals surface area (Å²) in [4.78, 5) is 49.2. The zero-order valence-electron chi connectivity index (χ0n) is 29.9. The fraction of sp³-hybridized carbons (Fsp3) is 0.410. The van der Waals surface area contributed by atoms with Crippen LogP contribution in [0.2, 0.25) is 0 Å². The van der Waals surface area contributed by atoms with E-state index in [1.54, 1.807) is 7.05 Å². The number of benzene rings is 2. The molecule has 3 aromatic rings. The molecule has 4 rings (SSSR count). The van der Waals surface area contributed by atoms with E-state index in [4.69, 9.17) is 23.1 Å². The Morgan fingerprint density at radius 3 is 2.41 bits per heavy atom. The number of nitrogens with two attached hydrogens (primary N) is 2. The molecule has 0 unspecified atom stereocenters. The molecular weight excluding hydrogens is 682 g/mol. The van der Waals surface area contributed by atoms with Crippen molar-refractivity contribution in [3.8, 4) is 0 Å². The molecule has 10 nitrogen and oxygen atoms in total. The van der Waals surface area contributed by atoms with Gasteiger partial charge in [-0.1, -0.05) is 66.3 Å². The minimum absolute atomic E-state index is 0.151. The van der Waals surface area contributed by atoms with E-state index in [-0.39, 0.29) is 30.7 Å². The van der Waals surface area contributed by atoms with Crippen LogP contribution in [-0.4, -0.2) is 72.4 Å². The number of unbranched alkanes of at least 4 members (excludes halogenated alkanes) is 1. The van der Waals surface area contributed by atoms with Crippen LogP contribution in [-0.2, 0) is 27.3 Å². The smallest absolute Gasteiger partial charge is 0.245 e. The quantitative estimate of drug-likeness (QED) is 0.156. The van der Waals surface area contributed by atoms with Crippen molar-refractivity contribution in [2.45, 2.75) is 81.9 Å². The van der Waals surface area contributed by atoms with Crippen molar-refractivity contribution in [3.63, 3.8) is 0 Å². The molecule has 3 atom stereocenters. The number of nitrogens with one attached hydrogen (secondary N) is 4. The van der Waals surface area contributed by atoms with E-state index in [1.807, 2.05) is 74.7 Å². The summed E-state index contributed by atoms with van der Waals surface area (Å²) in [7, 11) is 1.63. The van der Waals surface area contributed by atoms with Crippen LogP contribution in [0.25, 0.3) is 10.9 Å². The van der Waals surface area contributed by atoms with Gasteiger partial charge in [0.25, 0.3) is 0 Å². The zero-order valence-corrected chi connectivity index (χ0v) is 31.5. The number of amides is 3. The molecule has 0 spiro atoms. The Balaban J connectivity index is 1.80. The lowest BCUT2D eigenvalue weighted by molar-refractivity contribution is -0.142. The Morgan fingerprint density at radius 2 is 1.67 bits per heavy atom. The number of para-hydroxylation sites is 1. The van der Waals surface area contributed by atoms with Gasteiger partial charge in [-0.25, -0.2) is 0 Å². The number of nitrogens with zero attached hydrogens (tertiary/aromatic N) is 1. The molecule has 2 heterocycles. The third-order valence-corrected chi connectivity index (χ3v) is 10.6. The summed E-state index contributed by atoms with van der Waals surface area (Å²) in [6.45, 7) is 9.62. The van der Waals surface area contributed by atoms with E-state index < -0.39 is 18.1 Å². The fourth-order valence-corrected chi connectivity index (χ4v) is 7.50. The zero-order chi connectivity index (χ0) is 36.9. The van der Waals surface area contributed by atoms with Gasteiger partial charge in [-0.05, 0) is 99.5 Å². The molecule has 0 saturated heterocycles. The van der Waals surface area contributed by atoms with Crippen LogP contribution in [0.3, 0.4) is 0 Å². The molecule has 51 heavy (non-hydrogen) atoms. The predicted molar refractivity (Wildman–Crippen MR) is 209 cm³/mol. The van der Waals surface area contributed by atoms with Gasteiger partial charge in [0.1, 0.15) is 12.1 Å². The lowest BCUT2D eigenvalue weighted by Gasteiger charge is -2.32. The molecule has 2 aromatic carbocycles. The van der Waals surface area contributed by atoms with Gasteiger partial charge < -0.3 is 37.3 Å². The van der Waals surface area contributed by atoms with Crippen LogP contribution in [0.5, 0.6) is 0 Å². The molecule has 0 aliphatic carbocycles. The molecule has 274 valence electrons. The third-order valence-electron chi connectivity index (χ3n) is 9.08. The largest absolute Gasteiger partial charge is 0.361 e. The molecule has 12 heteroatoms. The number of carbonyl (C=O) groups excluding carboxylic acids is 3. The van der Waals surface area contributed by atoms with Gasteiger partial charge >= 0.3 is 0 Å². The summed E-state index contributed by atoms with van der Waals surface area (Å²) in [6, 6.07) is 13.5. The van der Waals surface area contributed by atoms with Crippen molar-refractivity contribution in [1.82, 2.24) is 25.8 Å². The summed E-state index contributed by atoms with van der Waals surface area (Å²) in [5.74, 6) is -0.966. The van der Waals surface area contributed by atoms with E-state index in [9.17, 15) is 14.4 Å². The number of hydrogen-bond donors (Lipinski definition) is 6. The number of fused-ring (bicyclic) bond motifs is 2. The highest BCUT2D eigenvalue weighted by Crippen LogP contribution is 2.36. The first-order chi connectivity index (χ1) is 24.5. The van der Waals surface area contributed by atoms with Gasteiger partial charge in [-0.15, -0.1) is 0 Å². The van der Waals surface area contributed by atoms with Gasteiger partial charge in [0.2, 0.25) is 17.7 Å². The number of rotatable bonds is 10. The van der Waals surface area contributed by atoms with E-state index in [0.717, 1.165) is 37.4 Å². The Kier molecular flexibility index (Phi) is 15.4. The minimum Gasteiger partial charge on any atom is -0.361 e. The van der Waals surface area contributed by atoms with Crippen LogP contribution in [0.4, 0.5) is 0 Å². The number of thioether (sulfide) groups is 1. The number of carbonyl (C=O) groups is 3. The highest BCUT2D eigenvalue weighted by molar-refractivity contribution is 8.03. The summed E-state index contributed by atoms with van der Waals surface area (Å²) < 4.78 is 0. The minimum atomic E-state index is -0.882. The summed E-state index contributed by atoms with van der Waals surface area (Å²) in [5.41, 5.74) is 16.1. The van der Waals surface area contributed by atoms with Crippen molar-refractivity contribution in [2.24, 2.45) is 11.5 Å². The van der Waals surface area contributed by atoms with Crippen LogP contribution >= 0.6 is 23.4 Å². The molecule has 8 N–H and O–H groups in total. The molecule has 1 aromatic heterocycles. The van der Waals surface area contributed by atoms with E-state index in [0.29, 0.717) is 62.3 Å². The average molecular weight is 734 g/mol. The first-order valence-corrected chi connectivity index (χ1v) is 18.7. The monoisotopic (exact) mass is 733 g/mol. The average Bonchev–Trinajstić information content (AvgIpc) is 3.53. The molecule has 3 amide bonds. The number of H-pyrrole nitrogens is 1. The first-order valence-electron chi connectivity index (χ1n) is 17.6. The van der Waals surface area contributed by atoms with Gasteiger partial charge in [0.05, 0.1) is 6.04 Å². The second kappa shape index (κ2) is 19.7. The van der Waals surface area contributed by atoms with Crippen molar-refractivity contribution in [1.29, 1.82) is 0 Å². The van der Waals surface area contributed by atoms with E-state index in [2.05, 4.69) is 27.5 Å².